The first-order chi connectivity index (χ1) is 15.7. The molecular weight excluding hydrogens is 402 g/mol. The van der Waals surface area contributed by atoms with E-state index in [0.29, 0.717) is 13.0 Å². The number of nitrogens with one attached hydrogen (secondary N) is 2. The van der Waals surface area contributed by atoms with Gasteiger partial charge in [-0.3, -0.25) is 9.69 Å². The number of aryl methyl sites for hydroxylation is 1. The summed E-state index contributed by atoms with van der Waals surface area (Å²) in [6, 6.07) is 16.5. The molecule has 1 atom stereocenters. The van der Waals surface area contributed by atoms with Crippen molar-refractivity contribution in [2.75, 3.05) is 46.5 Å². The van der Waals surface area contributed by atoms with E-state index in [-0.39, 0.29) is 11.8 Å². The number of carbonyl (C=O) groups is 1. The molecule has 0 saturated carbocycles. The van der Waals surface area contributed by atoms with Gasteiger partial charge in [0.1, 0.15) is 5.75 Å². The summed E-state index contributed by atoms with van der Waals surface area (Å²) in [6.07, 6.45) is 4.37. The third kappa shape index (κ3) is 5.90. The van der Waals surface area contributed by atoms with E-state index in [1.54, 1.807) is 7.11 Å². The third-order valence-corrected chi connectivity index (χ3v) is 6.27. The first-order valence-corrected chi connectivity index (χ1v) is 11.5. The van der Waals surface area contributed by atoms with Gasteiger partial charge in [0.2, 0.25) is 5.91 Å². The van der Waals surface area contributed by atoms with Crippen molar-refractivity contribution in [3.05, 3.63) is 65.9 Å². The number of ether oxygens (including phenoxy) is 2. The van der Waals surface area contributed by atoms with Crippen molar-refractivity contribution in [2.45, 2.75) is 25.2 Å². The number of hydrogen-bond donors (Lipinski definition) is 2. The van der Waals surface area contributed by atoms with E-state index in [0.717, 1.165) is 62.3 Å². The molecule has 2 aromatic carbocycles. The fourth-order valence-corrected chi connectivity index (χ4v) is 4.41. The first-order valence-electron chi connectivity index (χ1n) is 11.5. The van der Waals surface area contributed by atoms with E-state index < -0.39 is 0 Å². The molecule has 1 saturated heterocycles. The number of amides is 1. The van der Waals surface area contributed by atoms with Gasteiger partial charge in [0, 0.05) is 49.7 Å². The van der Waals surface area contributed by atoms with Gasteiger partial charge in [0.15, 0.2) is 0 Å². The molecule has 1 fully saturated rings. The molecule has 6 heteroatoms. The van der Waals surface area contributed by atoms with Crippen LogP contribution in [0.15, 0.2) is 54.7 Å². The maximum Gasteiger partial charge on any atom is 0.220 e. The van der Waals surface area contributed by atoms with Crippen LogP contribution in [0.2, 0.25) is 0 Å². The number of nitrogens with zero attached hydrogens (tertiary/aromatic N) is 1. The molecular formula is C26H33N3O3. The SMILES string of the molecule is COc1ccc2[nH]cc(C(CCc3ccccc3)CC(=O)NCCN3CCOCC3)c2c1. The molecule has 2 N–H and O–H groups in total. The molecule has 1 unspecified atom stereocenters. The summed E-state index contributed by atoms with van der Waals surface area (Å²) in [5, 5.41) is 4.26. The first kappa shape index (κ1) is 22.4. The van der Waals surface area contributed by atoms with Crippen molar-refractivity contribution < 1.29 is 14.3 Å². The van der Waals surface area contributed by atoms with Crippen LogP contribution >= 0.6 is 0 Å². The lowest BCUT2D eigenvalue weighted by atomic mass is 9.89. The Hall–Kier alpha value is -2.83. The van der Waals surface area contributed by atoms with Crippen LogP contribution in [0.1, 0.15) is 29.9 Å². The molecule has 0 bridgehead atoms. The van der Waals surface area contributed by atoms with Crippen molar-refractivity contribution in [3.8, 4) is 5.75 Å². The Morgan fingerprint density at radius 3 is 2.78 bits per heavy atom. The number of H-pyrrole nitrogens is 1. The number of aromatic nitrogens is 1. The summed E-state index contributed by atoms with van der Waals surface area (Å²) in [6.45, 7) is 4.97. The van der Waals surface area contributed by atoms with E-state index in [2.05, 4.69) is 51.7 Å². The molecule has 4 rings (SSSR count). The summed E-state index contributed by atoms with van der Waals surface area (Å²) in [5.74, 6) is 1.06. The molecule has 6 nitrogen and oxygen atoms in total. The number of hydrogen-bond acceptors (Lipinski definition) is 4. The second-order valence-corrected chi connectivity index (χ2v) is 8.38. The van der Waals surface area contributed by atoms with Gasteiger partial charge >= 0.3 is 0 Å². The lowest BCUT2D eigenvalue weighted by molar-refractivity contribution is -0.121. The van der Waals surface area contributed by atoms with Gasteiger partial charge in [-0.1, -0.05) is 30.3 Å². The van der Waals surface area contributed by atoms with Gasteiger partial charge in [-0.25, -0.2) is 0 Å². The van der Waals surface area contributed by atoms with Crippen molar-refractivity contribution in [3.63, 3.8) is 0 Å². The summed E-state index contributed by atoms with van der Waals surface area (Å²) in [5.41, 5.74) is 3.54. The second-order valence-electron chi connectivity index (χ2n) is 8.38. The normalized spacial score (nSPS) is 15.5. The zero-order valence-electron chi connectivity index (χ0n) is 18.8. The molecule has 2 heterocycles. The highest BCUT2D eigenvalue weighted by molar-refractivity contribution is 5.86. The number of morpholine rings is 1. The Morgan fingerprint density at radius 1 is 1.19 bits per heavy atom. The number of fused-ring (bicyclic) bond motifs is 1. The van der Waals surface area contributed by atoms with Crippen molar-refractivity contribution in [1.29, 1.82) is 0 Å². The van der Waals surface area contributed by atoms with Crippen LogP contribution in [0.25, 0.3) is 10.9 Å². The highest BCUT2D eigenvalue weighted by Gasteiger charge is 2.20. The molecule has 1 aliphatic heterocycles. The average Bonchev–Trinajstić information content (AvgIpc) is 3.26. The molecule has 0 spiro atoms. The molecule has 1 aromatic heterocycles. The maximum atomic E-state index is 12.9. The highest BCUT2D eigenvalue weighted by Crippen LogP contribution is 2.33. The Balaban J connectivity index is 1.44. The molecule has 170 valence electrons. The van der Waals surface area contributed by atoms with Gasteiger partial charge < -0.3 is 19.8 Å². The summed E-state index contributed by atoms with van der Waals surface area (Å²) < 4.78 is 10.8. The Kier molecular flexibility index (Phi) is 7.80. The van der Waals surface area contributed by atoms with E-state index in [1.807, 2.05) is 18.2 Å². The molecule has 1 aliphatic rings. The summed E-state index contributed by atoms with van der Waals surface area (Å²) in [7, 11) is 1.68. The van der Waals surface area contributed by atoms with Crippen LogP contribution in [0.4, 0.5) is 0 Å². The van der Waals surface area contributed by atoms with Crippen LogP contribution in [0, 0.1) is 0 Å². The quantitative estimate of drug-likeness (QED) is 0.509. The summed E-state index contributed by atoms with van der Waals surface area (Å²) >= 11 is 0. The predicted octanol–water partition coefficient (Wildman–Crippen LogP) is 3.73. The minimum Gasteiger partial charge on any atom is -0.497 e. The Labute approximate surface area is 189 Å². The monoisotopic (exact) mass is 435 g/mol. The van der Waals surface area contributed by atoms with Gasteiger partial charge in [-0.15, -0.1) is 0 Å². The van der Waals surface area contributed by atoms with Gasteiger partial charge in [0.25, 0.3) is 0 Å². The van der Waals surface area contributed by atoms with Crippen LogP contribution in [0.5, 0.6) is 5.75 Å². The van der Waals surface area contributed by atoms with E-state index in [4.69, 9.17) is 9.47 Å². The van der Waals surface area contributed by atoms with Crippen LogP contribution < -0.4 is 10.1 Å². The predicted molar refractivity (Wildman–Crippen MR) is 127 cm³/mol. The number of benzene rings is 2. The number of carbonyl (C=O) groups excluding carboxylic acids is 1. The highest BCUT2D eigenvalue weighted by atomic mass is 16.5. The van der Waals surface area contributed by atoms with E-state index in [1.165, 1.54) is 11.1 Å². The average molecular weight is 436 g/mol. The fourth-order valence-electron chi connectivity index (χ4n) is 4.41. The molecule has 0 aliphatic carbocycles. The Bertz CT molecular complexity index is 996. The lowest BCUT2D eigenvalue weighted by Gasteiger charge is -2.26. The maximum absolute atomic E-state index is 12.9. The van der Waals surface area contributed by atoms with Gasteiger partial charge in [-0.05, 0) is 48.1 Å². The smallest absolute Gasteiger partial charge is 0.220 e. The molecule has 1 amide bonds. The minimum atomic E-state index is 0.105. The largest absolute Gasteiger partial charge is 0.497 e. The second kappa shape index (κ2) is 11.2. The molecule has 3 aromatic rings. The van der Waals surface area contributed by atoms with Crippen molar-refractivity contribution in [2.24, 2.45) is 0 Å². The molecule has 32 heavy (non-hydrogen) atoms. The third-order valence-electron chi connectivity index (χ3n) is 6.27. The fraction of sp³-hybridized carbons (Fsp3) is 0.423. The van der Waals surface area contributed by atoms with E-state index in [9.17, 15) is 4.79 Å². The van der Waals surface area contributed by atoms with Crippen molar-refractivity contribution >= 4 is 16.8 Å². The standard InChI is InChI=1S/C26H33N3O3/c1-31-22-9-10-25-23(18-22)24(19-28-25)21(8-7-20-5-3-2-4-6-20)17-26(30)27-11-12-29-13-15-32-16-14-29/h2-6,9-10,18-19,21,28H,7-8,11-17H2,1H3,(H,27,30). The summed E-state index contributed by atoms with van der Waals surface area (Å²) in [4.78, 5) is 18.6. The minimum absolute atomic E-state index is 0.105. The van der Waals surface area contributed by atoms with Crippen molar-refractivity contribution in [1.82, 2.24) is 15.2 Å². The van der Waals surface area contributed by atoms with Gasteiger partial charge in [-0.2, -0.15) is 0 Å². The van der Waals surface area contributed by atoms with Gasteiger partial charge in [0.05, 0.1) is 20.3 Å². The lowest BCUT2D eigenvalue weighted by Crippen LogP contribution is -2.41. The molecule has 0 radical (unpaired) electrons. The van der Waals surface area contributed by atoms with Crippen LogP contribution in [-0.2, 0) is 16.0 Å². The number of methoxy groups -OCH3 is 1. The number of rotatable bonds is 10. The topological polar surface area (TPSA) is 66.6 Å². The van der Waals surface area contributed by atoms with Crippen LogP contribution in [0.3, 0.4) is 0 Å². The van der Waals surface area contributed by atoms with Crippen LogP contribution in [-0.4, -0.2) is 62.3 Å². The number of aromatic amines is 1. The Morgan fingerprint density at radius 2 is 2.00 bits per heavy atom. The zero-order valence-corrected chi connectivity index (χ0v) is 18.8. The van der Waals surface area contributed by atoms with E-state index >= 15 is 0 Å². The zero-order chi connectivity index (χ0) is 22.2.